The Morgan fingerprint density at radius 1 is 1.21 bits per heavy atom. The van der Waals surface area contributed by atoms with Crippen LogP contribution in [0.4, 0.5) is 0 Å². The van der Waals surface area contributed by atoms with Crippen LogP contribution in [0.3, 0.4) is 0 Å². The molecule has 0 bridgehead atoms. The first-order valence-electron chi connectivity index (χ1n) is 9.08. The van der Waals surface area contributed by atoms with Crippen molar-refractivity contribution in [1.82, 2.24) is 9.88 Å². The van der Waals surface area contributed by atoms with Crippen molar-refractivity contribution in [3.05, 3.63) is 64.9 Å². The van der Waals surface area contributed by atoms with E-state index in [-0.39, 0.29) is 24.8 Å². The molecule has 6 nitrogen and oxygen atoms in total. The van der Waals surface area contributed by atoms with E-state index in [1.807, 2.05) is 54.8 Å². The molecule has 2 aromatic heterocycles. The second-order valence-electron chi connectivity index (χ2n) is 6.99. The van der Waals surface area contributed by atoms with E-state index in [4.69, 9.17) is 4.42 Å². The van der Waals surface area contributed by atoms with Gasteiger partial charge in [-0.1, -0.05) is 30.3 Å². The van der Waals surface area contributed by atoms with E-state index in [1.165, 1.54) is 11.3 Å². The molecule has 1 aromatic carbocycles. The van der Waals surface area contributed by atoms with E-state index in [1.54, 1.807) is 4.90 Å². The lowest BCUT2D eigenvalue weighted by molar-refractivity contribution is -0.141. The maximum Gasteiger partial charge on any atom is 0.308 e. The molecule has 1 fully saturated rings. The third kappa shape index (κ3) is 3.71. The summed E-state index contributed by atoms with van der Waals surface area (Å²) >= 11 is 1.43. The maximum atomic E-state index is 12.8. The largest absolute Gasteiger partial charge is 0.481 e. The predicted molar refractivity (Wildman–Crippen MR) is 105 cm³/mol. The minimum Gasteiger partial charge on any atom is -0.481 e. The normalized spacial score (nSPS) is 19.1. The average molecular weight is 396 g/mol. The predicted octanol–water partition coefficient (Wildman–Crippen LogP) is 3.58. The molecule has 0 spiro atoms. The van der Waals surface area contributed by atoms with Crippen LogP contribution in [-0.2, 0) is 16.0 Å². The van der Waals surface area contributed by atoms with E-state index in [0.29, 0.717) is 18.0 Å². The standard InChI is InChI=1S/C21H20N2O4S/c1-13-7-8-18(27-13)20-22-15(12-28-20)9-19(24)23-10-16(17(11-23)21(25)26)14-5-3-2-4-6-14/h2-8,12,16-17H,9-11H2,1H3,(H,25,26)/t16-,17-/m0/s1. The van der Waals surface area contributed by atoms with Gasteiger partial charge in [0.05, 0.1) is 18.0 Å². The van der Waals surface area contributed by atoms with Gasteiger partial charge in [0, 0.05) is 24.4 Å². The molecule has 0 saturated carbocycles. The van der Waals surface area contributed by atoms with Crippen molar-refractivity contribution >= 4 is 23.2 Å². The Morgan fingerprint density at radius 3 is 2.68 bits per heavy atom. The van der Waals surface area contributed by atoms with Gasteiger partial charge in [-0.25, -0.2) is 4.98 Å². The Labute approximate surface area is 166 Å². The Bertz CT molecular complexity index is 995. The summed E-state index contributed by atoms with van der Waals surface area (Å²) < 4.78 is 5.58. The highest BCUT2D eigenvalue weighted by molar-refractivity contribution is 7.13. The monoisotopic (exact) mass is 396 g/mol. The number of aliphatic carboxylic acids is 1. The second-order valence-corrected chi connectivity index (χ2v) is 7.85. The number of amides is 1. The van der Waals surface area contributed by atoms with Crippen molar-refractivity contribution in [3.8, 4) is 10.8 Å². The van der Waals surface area contributed by atoms with E-state index in [0.717, 1.165) is 16.3 Å². The van der Waals surface area contributed by atoms with Crippen molar-refractivity contribution < 1.29 is 19.1 Å². The average Bonchev–Trinajstić information content (AvgIpc) is 3.41. The minimum absolute atomic E-state index is 0.0999. The van der Waals surface area contributed by atoms with Crippen molar-refractivity contribution in [2.75, 3.05) is 13.1 Å². The SMILES string of the molecule is Cc1ccc(-c2nc(CC(=O)N3C[C@H](C(=O)O)[C@H](c4ccccc4)C3)cs2)o1. The summed E-state index contributed by atoms with van der Waals surface area (Å²) in [6, 6.07) is 13.3. The third-order valence-corrected chi connectivity index (χ3v) is 5.96. The minimum atomic E-state index is -0.867. The van der Waals surface area contributed by atoms with E-state index >= 15 is 0 Å². The van der Waals surface area contributed by atoms with Crippen LogP contribution in [0, 0.1) is 12.8 Å². The van der Waals surface area contributed by atoms with E-state index in [9.17, 15) is 14.7 Å². The van der Waals surface area contributed by atoms with Crippen LogP contribution in [0.1, 0.15) is 22.9 Å². The number of hydrogen-bond donors (Lipinski definition) is 1. The summed E-state index contributed by atoms with van der Waals surface area (Å²) in [5, 5.41) is 12.2. The molecule has 1 saturated heterocycles. The van der Waals surface area contributed by atoms with Gasteiger partial charge in [-0.15, -0.1) is 11.3 Å². The van der Waals surface area contributed by atoms with Gasteiger partial charge in [-0.05, 0) is 24.6 Å². The molecule has 7 heteroatoms. The number of carboxylic acids is 1. The number of likely N-dealkylation sites (tertiary alicyclic amines) is 1. The summed E-state index contributed by atoms with van der Waals surface area (Å²) in [6.07, 6.45) is 0.157. The number of aryl methyl sites for hydroxylation is 1. The Morgan fingerprint density at radius 2 is 2.00 bits per heavy atom. The van der Waals surface area contributed by atoms with E-state index in [2.05, 4.69) is 4.98 Å². The van der Waals surface area contributed by atoms with Crippen molar-refractivity contribution in [1.29, 1.82) is 0 Å². The molecular formula is C21H20N2O4S. The fourth-order valence-electron chi connectivity index (χ4n) is 3.61. The fourth-order valence-corrected chi connectivity index (χ4v) is 4.39. The van der Waals surface area contributed by atoms with Gasteiger partial charge in [0.15, 0.2) is 10.8 Å². The number of carboxylic acid groups (broad SMARTS) is 1. The first-order chi connectivity index (χ1) is 13.5. The van der Waals surface area contributed by atoms with Crippen molar-refractivity contribution in [2.45, 2.75) is 19.3 Å². The maximum absolute atomic E-state index is 12.8. The van der Waals surface area contributed by atoms with Crippen LogP contribution < -0.4 is 0 Å². The van der Waals surface area contributed by atoms with Gasteiger partial charge in [-0.2, -0.15) is 0 Å². The molecule has 1 aliphatic heterocycles. The summed E-state index contributed by atoms with van der Waals surface area (Å²) in [7, 11) is 0. The van der Waals surface area contributed by atoms with Gasteiger partial charge >= 0.3 is 5.97 Å². The van der Waals surface area contributed by atoms with Gasteiger partial charge in [0.2, 0.25) is 5.91 Å². The molecule has 4 rings (SSSR count). The summed E-state index contributed by atoms with van der Waals surface area (Å²) in [5.41, 5.74) is 1.63. The van der Waals surface area contributed by atoms with Crippen LogP contribution in [-0.4, -0.2) is 40.0 Å². The molecule has 2 atom stereocenters. The first-order valence-corrected chi connectivity index (χ1v) is 9.96. The fraction of sp³-hybridized carbons (Fsp3) is 0.286. The number of carbonyl (C=O) groups excluding carboxylic acids is 1. The Kier molecular flexibility index (Phi) is 5.00. The first kappa shape index (κ1) is 18.4. The molecule has 0 aliphatic carbocycles. The number of benzene rings is 1. The smallest absolute Gasteiger partial charge is 0.308 e. The van der Waals surface area contributed by atoms with E-state index < -0.39 is 11.9 Å². The summed E-state index contributed by atoms with van der Waals surface area (Å²) in [6.45, 7) is 2.51. The molecule has 1 amide bonds. The van der Waals surface area contributed by atoms with Crippen LogP contribution >= 0.6 is 11.3 Å². The number of aromatic nitrogens is 1. The molecule has 0 radical (unpaired) electrons. The van der Waals surface area contributed by atoms with Crippen LogP contribution in [0.25, 0.3) is 10.8 Å². The van der Waals surface area contributed by atoms with Crippen molar-refractivity contribution in [3.63, 3.8) is 0 Å². The Hall–Kier alpha value is -2.93. The summed E-state index contributed by atoms with van der Waals surface area (Å²) in [5.74, 6) is -0.252. The molecule has 144 valence electrons. The second kappa shape index (κ2) is 7.59. The lowest BCUT2D eigenvalue weighted by atomic mass is 9.89. The highest BCUT2D eigenvalue weighted by Crippen LogP contribution is 2.33. The molecule has 1 aliphatic rings. The third-order valence-electron chi connectivity index (χ3n) is 5.05. The molecule has 1 N–H and O–H groups in total. The topological polar surface area (TPSA) is 83.6 Å². The number of hydrogen-bond acceptors (Lipinski definition) is 5. The van der Waals surface area contributed by atoms with Gasteiger partial charge < -0.3 is 14.4 Å². The number of furan rings is 1. The highest BCUT2D eigenvalue weighted by Gasteiger charge is 2.40. The van der Waals surface area contributed by atoms with Crippen LogP contribution in [0.2, 0.25) is 0 Å². The molecule has 28 heavy (non-hydrogen) atoms. The lowest BCUT2D eigenvalue weighted by Gasteiger charge is -2.16. The number of carbonyl (C=O) groups is 2. The number of rotatable bonds is 5. The molecular weight excluding hydrogens is 376 g/mol. The van der Waals surface area contributed by atoms with Gasteiger partial charge in [0.1, 0.15) is 5.76 Å². The van der Waals surface area contributed by atoms with Gasteiger partial charge in [-0.3, -0.25) is 9.59 Å². The number of thiazole rings is 1. The van der Waals surface area contributed by atoms with Crippen molar-refractivity contribution in [2.24, 2.45) is 5.92 Å². The molecule has 0 unspecified atom stereocenters. The summed E-state index contributed by atoms with van der Waals surface area (Å²) in [4.78, 5) is 30.6. The zero-order chi connectivity index (χ0) is 19.7. The zero-order valence-electron chi connectivity index (χ0n) is 15.4. The van der Waals surface area contributed by atoms with Gasteiger partial charge in [0.25, 0.3) is 0 Å². The number of nitrogens with zero attached hydrogens (tertiary/aromatic N) is 2. The molecule has 3 heterocycles. The van der Waals surface area contributed by atoms with Crippen LogP contribution in [0.5, 0.6) is 0 Å². The Balaban J connectivity index is 1.46. The highest BCUT2D eigenvalue weighted by atomic mass is 32.1. The quantitative estimate of drug-likeness (QED) is 0.713. The zero-order valence-corrected chi connectivity index (χ0v) is 16.2. The van der Waals surface area contributed by atoms with Crippen LogP contribution in [0.15, 0.2) is 52.3 Å². The lowest BCUT2D eigenvalue weighted by Crippen LogP contribution is -2.31. The molecule has 3 aromatic rings.